The van der Waals surface area contributed by atoms with Gasteiger partial charge in [0.2, 0.25) is 0 Å². The molecule has 3 atom stereocenters. The van der Waals surface area contributed by atoms with E-state index in [-0.39, 0.29) is 17.4 Å². The highest BCUT2D eigenvalue weighted by Crippen LogP contribution is 2.46. The van der Waals surface area contributed by atoms with E-state index in [4.69, 9.17) is 18.6 Å². The summed E-state index contributed by atoms with van der Waals surface area (Å²) in [5, 5.41) is 2.51. The highest BCUT2D eigenvalue weighted by atomic mass is 28.4. The van der Waals surface area contributed by atoms with Gasteiger partial charge in [0.1, 0.15) is 5.60 Å². The molecule has 30 heavy (non-hydrogen) atoms. The second-order valence-electron chi connectivity index (χ2n) is 10.2. The molecule has 0 aromatic heterocycles. The van der Waals surface area contributed by atoms with Gasteiger partial charge in [-0.25, -0.2) is 0 Å². The first-order valence-corrected chi connectivity index (χ1v) is 12.8. The average molecular weight is 427 g/mol. The van der Waals surface area contributed by atoms with Gasteiger partial charge in [-0.2, -0.15) is 0 Å². The fraction of sp³-hybridized carbons (Fsp3) is 0.520. The first kappa shape index (κ1) is 21.7. The van der Waals surface area contributed by atoms with Crippen molar-refractivity contribution < 1.29 is 18.6 Å². The molecule has 2 aliphatic rings. The molecule has 2 fully saturated rings. The predicted molar refractivity (Wildman–Crippen MR) is 122 cm³/mol. The maximum atomic E-state index is 7.02. The standard InChI is InChI=1S/C25H34O4Si/c1-23(2,3)30(20-13-9-7-10-14-20,21-15-11-8-12-16-21)26-18-19-17-25(6)22(27-19)28-24(4,5)29-25/h7-16,19,22H,17-18H2,1-6H3/t19-,22?,25-/m1/s1. The molecule has 2 heterocycles. The second kappa shape index (κ2) is 7.57. The molecular weight excluding hydrogens is 392 g/mol. The molecule has 2 aliphatic heterocycles. The Morgan fingerprint density at radius 1 is 0.933 bits per heavy atom. The van der Waals surface area contributed by atoms with E-state index >= 15 is 0 Å². The number of ether oxygens (including phenoxy) is 3. The van der Waals surface area contributed by atoms with Gasteiger partial charge in [0.05, 0.1) is 12.7 Å². The molecule has 0 spiro atoms. The minimum atomic E-state index is -2.57. The van der Waals surface area contributed by atoms with Gasteiger partial charge >= 0.3 is 0 Å². The molecule has 2 saturated heterocycles. The van der Waals surface area contributed by atoms with Crippen molar-refractivity contribution >= 4 is 18.7 Å². The van der Waals surface area contributed by atoms with Crippen molar-refractivity contribution in [1.29, 1.82) is 0 Å². The van der Waals surface area contributed by atoms with Crippen LogP contribution in [0.2, 0.25) is 5.04 Å². The molecule has 2 aromatic carbocycles. The molecule has 0 bridgehead atoms. The summed E-state index contributed by atoms with van der Waals surface area (Å²) in [6.07, 6.45) is 0.359. The smallest absolute Gasteiger partial charge is 0.261 e. The van der Waals surface area contributed by atoms with Crippen molar-refractivity contribution in [1.82, 2.24) is 0 Å². The van der Waals surface area contributed by atoms with Crippen molar-refractivity contribution in [3.05, 3.63) is 60.7 Å². The topological polar surface area (TPSA) is 36.9 Å². The highest BCUT2D eigenvalue weighted by molar-refractivity contribution is 6.99. The Kier molecular flexibility index (Phi) is 5.48. The third kappa shape index (κ3) is 3.78. The van der Waals surface area contributed by atoms with Crippen LogP contribution in [0.25, 0.3) is 0 Å². The number of fused-ring (bicyclic) bond motifs is 1. The van der Waals surface area contributed by atoms with Gasteiger partial charge in [-0.05, 0) is 36.2 Å². The first-order chi connectivity index (χ1) is 14.1. The first-order valence-electron chi connectivity index (χ1n) is 10.8. The van der Waals surface area contributed by atoms with Gasteiger partial charge in [0.15, 0.2) is 12.1 Å². The molecule has 4 rings (SSSR count). The molecule has 1 unspecified atom stereocenters. The van der Waals surface area contributed by atoms with Crippen LogP contribution in [0, 0.1) is 0 Å². The molecule has 162 valence electrons. The lowest BCUT2D eigenvalue weighted by atomic mass is 10.0. The number of rotatable bonds is 5. The van der Waals surface area contributed by atoms with Gasteiger partial charge in [-0.15, -0.1) is 0 Å². The summed E-state index contributed by atoms with van der Waals surface area (Å²) < 4.78 is 25.4. The van der Waals surface area contributed by atoms with Gasteiger partial charge < -0.3 is 18.6 Å². The van der Waals surface area contributed by atoms with Crippen LogP contribution in [0.5, 0.6) is 0 Å². The molecule has 0 radical (unpaired) electrons. The Hall–Kier alpha value is -1.50. The maximum Gasteiger partial charge on any atom is 0.261 e. The molecule has 5 heteroatoms. The van der Waals surface area contributed by atoms with Gasteiger partial charge in [0, 0.05) is 6.42 Å². The summed E-state index contributed by atoms with van der Waals surface area (Å²) in [6, 6.07) is 21.4. The molecule has 2 aromatic rings. The van der Waals surface area contributed by atoms with E-state index in [0.29, 0.717) is 6.61 Å². The van der Waals surface area contributed by atoms with Gasteiger partial charge in [-0.1, -0.05) is 81.4 Å². The normalized spacial score (nSPS) is 28.5. The third-order valence-corrected chi connectivity index (χ3v) is 11.2. The van der Waals surface area contributed by atoms with Crippen LogP contribution >= 0.6 is 0 Å². The maximum absolute atomic E-state index is 7.02. The van der Waals surface area contributed by atoms with Crippen molar-refractivity contribution in [2.75, 3.05) is 6.61 Å². The van der Waals surface area contributed by atoms with Crippen LogP contribution < -0.4 is 10.4 Å². The predicted octanol–water partition coefficient (Wildman–Crippen LogP) is 4.22. The Balaban J connectivity index is 1.64. The SMILES string of the molecule is CC1(C)OC2O[C@@H](CO[Si](c3ccccc3)(c3ccccc3)C(C)(C)C)C[C@@]2(C)O1. The summed E-state index contributed by atoms with van der Waals surface area (Å²) in [7, 11) is -2.57. The Bertz CT molecular complexity index is 822. The Labute approximate surface area is 181 Å². The van der Waals surface area contributed by atoms with Crippen molar-refractivity contribution in [3.8, 4) is 0 Å². The van der Waals surface area contributed by atoms with Gasteiger partial charge in [-0.3, -0.25) is 0 Å². The van der Waals surface area contributed by atoms with E-state index in [9.17, 15) is 0 Å². The minimum Gasteiger partial charge on any atom is -0.405 e. The van der Waals surface area contributed by atoms with Crippen LogP contribution in [0.1, 0.15) is 48.0 Å². The van der Waals surface area contributed by atoms with E-state index < -0.39 is 19.7 Å². The number of hydrogen-bond acceptors (Lipinski definition) is 4. The van der Waals surface area contributed by atoms with E-state index in [1.807, 2.05) is 13.8 Å². The molecule has 0 amide bonds. The van der Waals surface area contributed by atoms with Crippen LogP contribution in [0.3, 0.4) is 0 Å². The molecular formula is C25H34O4Si. The summed E-state index contributed by atoms with van der Waals surface area (Å²) in [5.41, 5.74) is -0.428. The van der Waals surface area contributed by atoms with Crippen molar-refractivity contribution in [2.24, 2.45) is 0 Å². The summed E-state index contributed by atoms with van der Waals surface area (Å²) >= 11 is 0. The number of benzene rings is 2. The van der Waals surface area contributed by atoms with E-state index in [2.05, 4.69) is 88.4 Å². The lowest BCUT2D eigenvalue weighted by molar-refractivity contribution is -0.208. The molecule has 0 aliphatic carbocycles. The van der Waals surface area contributed by atoms with Crippen LogP contribution in [-0.4, -0.2) is 38.7 Å². The van der Waals surface area contributed by atoms with E-state index in [1.54, 1.807) is 0 Å². The monoisotopic (exact) mass is 426 g/mol. The highest BCUT2D eigenvalue weighted by Gasteiger charge is 2.58. The number of hydrogen-bond donors (Lipinski definition) is 0. The second-order valence-corrected chi connectivity index (χ2v) is 14.5. The fourth-order valence-corrected chi connectivity index (χ4v) is 9.67. The van der Waals surface area contributed by atoms with Crippen molar-refractivity contribution in [2.45, 2.75) is 76.8 Å². The van der Waals surface area contributed by atoms with Crippen LogP contribution in [0.15, 0.2) is 60.7 Å². The zero-order chi connectivity index (χ0) is 21.6. The van der Waals surface area contributed by atoms with Crippen molar-refractivity contribution in [3.63, 3.8) is 0 Å². The third-order valence-electron chi connectivity index (χ3n) is 6.22. The quantitative estimate of drug-likeness (QED) is 0.671. The minimum absolute atomic E-state index is 0.0525. The van der Waals surface area contributed by atoms with E-state index in [0.717, 1.165) is 6.42 Å². The lowest BCUT2D eigenvalue weighted by Crippen LogP contribution is -2.67. The average Bonchev–Trinajstić information content (AvgIpc) is 3.08. The zero-order valence-corrected chi connectivity index (χ0v) is 20.0. The summed E-state index contributed by atoms with van der Waals surface area (Å²) in [4.78, 5) is 0. The lowest BCUT2D eigenvalue weighted by Gasteiger charge is -2.43. The Morgan fingerprint density at radius 2 is 1.47 bits per heavy atom. The molecule has 4 nitrogen and oxygen atoms in total. The molecule has 0 N–H and O–H groups in total. The van der Waals surface area contributed by atoms with Crippen LogP contribution in [0.4, 0.5) is 0 Å². The largest absolute Gasteiger partial charge is 0.405 e. The fourth-order valence-electron chi connectivity index (χ4n) is 5.08. The van der Waals surface area contributed by atoms with E-state index in [1.165, 1.54) is 10.4 Å². The van der Waals surface area contributed by atoms with Gasteiger partial charge in [0.25, 0.3) is 8.32 Å². The van der Waals surface area contributed by atoms with Crippen LogP contribution in [-0.2, 0) is 18.6 Å². The molecule has 0 saturated carbocycles. The summed E-state index contributed by atoms with van der Waals surface area (Å²) in [6.45, 7) is 13.3. The Morgan fingerprint density at radius 3 is 1.93 bits per heavy atom. The zero-order valence-electron chi connectivity index (χ0n) is 19.0. The summed E-state index contributed by atoms with van der Waals surface area (Å²) in [5.74, 6) is -0.608.